The first-order valence-corrected chi connectivity index (χ1v) is 14.3. The van der Waals surface area contributed by atoms with E-state index >= 15 is 0 Å². The van der Waals surface area contributed by atoms with E-state index in [4.69, 9.17) is 4.98 Å². The summed E-state index contributed by atoms with van der Waals surface area (Å²) in [5.41, 5.74) is 6.68. The van der Waals surface area contributed by atoms with Crippen LogP contribution in [0.3, 0.4) is 0 Å². The Bertz CT molecular complexity index is 1510. The van der Waals surface area contributed by atoms with E-state index in [0.29, 0.717) is 5.16 Å². The molecule has 6 nitrogen and oxygen atoms in total. The molecule has 0 spiro atoms. The van der Waals surface area contributed by atoms with Gasteiger partial charge in [0.25, 0.3) is 11.5 Å². The van der Waals surface area contributed by atoms with Crippen LogP contribution >= 0.6 is 23.1 Å². The van der Waals surface area contributed by atoms with Gasteiger partial charge >= 0.3 is 0 Å². The fourth-order valence-corrected chi connectivity index (χ4v) is 6.61. The number of hydrazone groups is 1. The highest BCUT2D eigenvalue weighted by Crippen LogP contribution is 2.35. The maximum Gasteiger partial charge on any atom is 0.267 e. The monoisotopic (exact) mass is 530 g/mol. The predicted octanol–water partition coefficient (Wildman–Crippen LogP) is 5.87. The summed E-state index contributed by atoms with van der Waals surface area (Å²) in [5.74, 6) is -0.164. The number of para-hydroxylation sites is 1. The highest BCUT2D eigenvalue weighted by molar-refractivity contribution is 7.99. The first-order chi connectivity index (χ1) is 17.8. The van der Waals surface area contributed by atoms with Crippen molar-refractivity contribution in [2.45, 2.75) is 57.0 Å². The number of thioether (sulfide) groups is 1. The molecule has 0 bridgehead atoms. The number of fused-ring (bicyclic) bond motifs is 3. The quantitative estimate of drug-likeness (QED) is 0.146. The lowest BCUT2D eigenvalue weighted by Gasteiger charge is -2.18. The Kier molecular flexibility index (Phi) is 7.31. The van der Waals surface area contributed by atoms with Gasteiger partial charge in [0.05, 0.1) is 23.0 Å². The average molecular weight is 531 g/mol. The van der Waals surface area contributed by atoms with Gasteiger partial charge in [-0.2, -0.15) is 5.10 Å². The summed E-state index contributed by atoms with van der Waals surface area (Å²) in [6.45, 7) is 6.51. The molecule has 37 heavy (non-hydrogen) atoms. The van der Waals surface area contributed by atoms with Gasteiger partial charge in [0.15, 0.2) is 5.16 Å². The second-order valence-corrected chi connectivity index (χ2v) is 12.2. The molecule has 0 unspecified atom stereocenters. The third-order valence-corrected chi connectivity index (χ3v) is 8.61. The Balaban J connectivity index is 1.35. The smallest absolute Gasteiger partial charge is 0.267 e. The van der Waals surface area contributed by atoms with Gasteiger partial charge in [-0.25, -0.2) is 10.4 Å². The minimum Gasteiger partial charge on any atom is -0.272 e. The maximum absolute atomic E-state index is 13.7. The Hall–Kier alpha value is -3.23. The first kappa shape index (κ1) is 25.4. The van der Waals surface area contributed by atoms with E-state index in [2.05, 4.69) is 43.4 Å². The maximum atomic E-state index is 13.7. The SMILES string of the molecule is CC(C)(C)c1ccc(/C=N/NC(=O)CSc2nc3sc4c(c3c(=O)n2-c2ccccc2)CCCC4)cc1. The summed E-state index contributed by atoms with van der Waals surface area (Å²) in [6.07, 6.45) is 5.81. The van der Waals surface area contributed by atoms with Crippen molar-refractivity contribution in [1.29, 1.82) is 0 Å². The molecule has 1 amide bonds. The van der Waals surface area contributed by atoms with Crippen LogP contribution in [0.25, 0.3) is 15.9 Å². The zero-order chi connectivity index (χ0) is 26.0. The molecule has 0 saturated heterocycles. The van der Waals surface area contributed by atoms with Crippen molar-refractivity contribution in [2.24, 2.45) is 5.10 Å². The zero-order valence-corrected chi connectivity index (χ0v) is 22.9. The van der Waals surface area contributed by atoms with E-state index in [-0.39, 0.29) is 22.6 Å². The van der Waals surface area contributed by atoms with Crippen molar-refractivity contribution in [3.05, 3.63) is 86.5 Å². The number of nitrogens with zero attached hydrogens (tertiary/aromatic N) is 3. The number of rotatable bonds is 6. The van der Waals surface area contributed by atoms with Crippen molar-refractivity contribution in [1.82, 2.24) is 15.0 Å². The first-order valence-electron chi connectivity index (χ1n) is 12.5. The Morgan fingerprint density at radius 2 is 1.84 bits per heavy atom. The van der Waals surface area contributed by atoms with E-state index in [0.717, 1.165) is 52.7 Å². The Morgan fingerprint density at radius 3 is 2.57 bits per heavy atom. The number of benzene rings is 2. The van der Waals surface area contributed by atoms with Gasteiger partial charge in [0.2, 0.25) is 0 Å². The van der Waals surface area contributed by atoms with Gasteiger partial charge in [-0.15, -0.1) is 11.3 Å². The molecule has 1 aliphatic carbocycles. The van der Waals surface area contributed by atoms with Crippen LogP contribution in [0.5, 0.6) is 0 Å². The van der Waals surface area contributed by atoms with Gasteiger partial charge in [0, 0.05) is 4.88 Å². The minimum absolute atomic E-state index is 0.0600. The molecule has 0 aliphatic heterocycles. The Morgan fingerprint density at radius 1 is 1.11 bits per heavy atom. The van der Waals surface area contributed by atoms with Gasteiger partial charge in [-0.1, -0.05) is 75.0 Å². The highest BCUT2D eigenvalue weighted by Gasteiger charge is 2.23. The summed E-state index contributed by atoms with van der Waals surface area (Å²) in [6, 6.07) is 17.6. The van der Waals surface area contributed by atoms with Crippen molar-refractivity contribution in [3.63, 3.8) is 0 Å². The van der Waals surface area contributed by atoms with E-state index in [1.807, 2.05) is 42.5 Å². The van der Waals surface area contributed by atoms with Gasteiger partial charge < -0.3 is 0 Å². The summed E-state index contributed by atoms with van der Waals surface area (Å²) >= 11 is 2.87. The number of hydrogen-bond acceptors (Lipinski definition) is 6. The fourth-order valence-electron chi connectivity index (χ4n) is 4.50. The lowest BCUT2D eigenvalue weighted by Crippen LogP contribution is -2.24. The van der Waals surface area contributed by atoms with Crippen molar-refractivity contribution in [3.8, 4) is 5.69 Å². The van der Waals surface area contributed by atoms with Gasteiger partial charge in [-0.05, 0) is 59.9 Å². The van der Waals surface area contributed by atoms with Gasteiger partial charge in [-0.3, -0.25) is 14.2 Å². The molecule has 8 heteroatoms. The standard InChI is InChI=1S/C29H30N4O2S2/c1-29(2,3)20-15-13-19(14-16-20)17-30-32-24(34)18-36-28-31-26-25(22-11-7-8-12-23(22)37-26)27(35)33(28)21-9-5-4-6-10-21/h4-6,9-10,13-17H,7-8,11-12,18H2,1-3H3,(H,32,34)/b30-17+. The van der Waals surface area contributed by atoms with E-state index in [1.54, 1.807) is 22.1 Å². The molecular formula is C29H30N4O2S2. The minimum atomic E-state index is -0.257. The number of carbonyl (C=O) groups is 1. The third-order valence-electron chi connectivity index (χ3n) is 6.48. The van der Waals surface area contributed by atoms with Crippen LogP contribution in [0.1, 0.15) is 55.2 Å². The predicted molar refractivity (Wildman–Crippen MR) is 153 cm³/mol. The van der Waals surface area contributed by atoms with Crippen LogP contribution in [0.15, 0.2) is 69.6 Å². The lowest BCUT2D eigenvalue weighted by molar-refractivity contribution is -0.118. The topological polar surface area (TPSA) is 76.3 Å². The van der Waals surface area contributed by atoms with Crippen LogP contribution in [0.4, 0.5) is 0 Å². The second kappa shape index (κ2) is 10.6. The molecule has 2 heterocycles. The number of aryl methyl sites for hydroxylation is 2. The van der Waals surface area contributed by atoms with Crippen molar-refractivity contribution in [2.75, 3.05) is 5.75 Å². The second-order valence-electron chi connectivity index (χ2n) is 10.2. The molecule has 0 atom stereocenters. The molecule has 4 aromatic rings. The molecular weight excluding hydrogens is 500 g/mol. The van der Waals surface area contributed by atoms with E-state index in [1.165, 1.54) is 22.2 Å². The van der Waals surface area contributed by atoms with Crippen molar-refractivity contribution >= 4 is 45.4 Å². The summed E-state index contributed by atoms with van der Waals surface area (Å²) < 4.78 is 1.64. The van der Waals surface area contributed by atoms with Crippen LogP contribution in [0.2, 0.25) is 0 Å². The van der Waals surface area contributed by atoms with E-state index < -0.39 is 0 Å². The van der Waals surface area contributed by atoms with Crippen LogP contribution in [-0.4, -0.2) is 27.4 Å². The Labute approximate surface area is 224 Å². The number of hydrogen-bond donors (Lipinski definition) is 1. The molecule has 5 rings (SSSR count). The van der Waals surface area contributed by atoms with E-state index in [9.17, 15) is 9.59 Å². The molecule has 190 valence electrons. The highest BCUT2D eigenvalue weighted by atomic mass is 32.2. The molecule has 0 radical (unpaired) electrons. The number of nitrogens with one attached hydrogen (secondary N) is 1. The molecule has 2 aromatic carbocycles. The molecule has 1 aliphatic rings. The van der Waals surface area contributed by atoms with Crippen molar-refractivity contribution < 1.29 is 4.79 Å². The number of thiophene rings is 1. The summed E-state index contributed by atoms with van der Waals surface area (Å²) in [7, 11) is 0. The number of amides is 1. The van der Waals surface area contributed by atoms with Gasteiger partial charge in [0.1, 0.15) is 4.83 Å². The third kappa shape index (κ3) is 5.55. The largest absolute Gasteiger partial charge is 0.272 e. The normalized spacial score (nSPS) is 13.7. The molecule has 1 N–H and O–H groups in total. The van der Waals surface area contributed by atoms with Crippen LogP contribution in [0, 0.1) is 0 Å². The van der Waals surface area contributed by atoms with Crippen LogP contribution in [-0.2, 0) is 23.1 Å². The lowest BCUT2D eigenvalue weighted by atomic mass is 9.87. The average Bonchev–Trinajstić information content (AvgIpc) is 3.26. The number of aromatic nitrogens is 2. The summed E-state index contributed by atoms with van der Waals surface area (Å²) in [4.78, 5) is 33.2. The fraction of sp³-hybridized carbons (Fsp3) is 0.310. The number of carbonyl (C=O) groups excluding carboxylic acids is 1. The molecule has 0 fully saturated rings. The zero-order valence-electron chi connectivity index (χ0n) is 21.3. The summed E-state index contributed by atoms with van der Waals surface area (Å²) in [5, 5.41) is 5.36. The van der Waals surface area contributed by atoms with Crippen LogP contribution < -0.4 is 11.0 Å². The molecule has 2 aromatic heterocycles. The molecule has 0 saturated carbocycles.